The second kappa shape index (κ2) is 30.2. The minimum Gasteiger partial charge on any atom is -0.545 e. The van der Waals surface area contributed by atoms with Crippen molar-refractivity contribution in [2.75, 3.05) is 33.5 Å². The molecule has 0 aliphatic heterocycles. The van der Waals surface area contributed by atoms with E-state index in [4.69, 9.17) is 42.0 Å². The topological polar surface area (TPSA) is 189 Å². The molecule has 6 aromatic carbocycles. The van der Waals surface area contributed by atoms with Crippen molar-refractivity contribution < 1.29 is 96.5 Å². The van der Waals surface area contributed by atoms with Crippen molar-refractivity contribution >= 4 is 11.9 Å². The quantitative estimate of drug-likeness (QED) is 0.0296. The summed E-state index contributed by atoms with van der Waals surface area (Å²) in [4.78, 5) is 23.7. The molecular formula is C63H65NaO14. The second-order valence-electron chi connectivity index (χ2n) is 17.7. The van der Waals surface area contributed by atoms with Crippen LogP contribution in [0.2, 0.25) is 0 Å². The number of carbonyl (C=O) groups excluding carboxylic acids is 2. The number of ether oxygens (including phenoxy) is 7. The van der Waals surface area contributed by atoms with Crippen LogP contribution in [0.25, 0.3) is 22.6 Å². The van der Waals surface area contributed by atoms with E-state index in [9.17, 15) is 24.9 Å². The average Bonchev–Trinajstić information content (AvgIpc) is 4.20. The van der Waals surface area contributed by atoms with E-state index in [2.05, 4.69) is 13.8 Å². The van der Waals surface area contributed by atoms with Crippen molar-refractivity contribution in [3.05, 3.63) is 179 Å². The van der Waals surface area contributed by atoms with E-state index in [0.29, 0.717) is 108 Å². The molecule has 2 aromatic heterocycles. The maximum atomic E-state index is 12.2. The van der Waals surface area contributed by atoms with Gasteiger partial charge in [-0.2, -0.15) is 0 Å². The molecule has 0 aliphatic rings. The predicted octanol–water partition coefficient (Wildman–Crippen LogP) is 10.8. The number of furan rings is 2. The molecule has 0 bridgehead atoms. The van der Waals surface area contributed by atoms with Gasteiger partial charge >= 0.3 is 35.5 Å². The number of hydrogen-bond acceptors (Lipinski definition) is 14. The molecule has 8 rings (SSSR count). The average molecular weight is 1070 g/mol. The Bertz CT molecular complexity index is 3170. The summed E-state index contributed by atoms with van der Waals surface area (Å²) in [6, 6.07) is 38.9. The summed E-state index contributed by atoms with van der Waals surface area (Å²) in [5.41, 5.74) is 5.41. The molecule has 0 aliphatic carbocycles. The Morgan fingerprint density at radius 3 is 1.28 bits per heavy atom. The first-order valence-electron chi connectivity index (χ1n) is 25.9. The molecular weight excluding hydrogens is 1000 g/mol. The monoisotopic (exact) mass is 1070 g/mol. The minimum atomic E-state index is -1.29. The van der Waals surface area contributed by atoms with Gasteiger partial charge < -0.3 is 62.1 Å². The van der Waals surface area contributed by atoms with Gasteiger partial charge in [-0.05, 0) is 122 Å². The summed E-state index contributed by atoms with van der Waals surface area (Å²) < 4.78 is 52.1. The molecule has 402 valence electrons. The Morgan fingerprint density at radius 2 is 0.885 bits per heavy atom. The number of benzene rings is 6. The van der Waals surface area contributed by atoms with Gasteiger partial charge in [-0.3, -0.25) is 0 Å². The van der Waals surface area contributed by atoms with Gasteiger partial charge in [0.2, 0.25) is 0 Å². The van der Waals surface area contributed by atoms with Crippen LogP contribution in [0.15, 0.2) is 155 Å². The van der Waals surface area contributed by atoms with E-state index in [1.165, 1.54) is 13.2 Å². The number of carboxylic acids is 1. The fourth-order valence-electron chi connectivity index (χ4n) is 8.49. The van der Waals surface area contributed by atoms with Gasteiger partial charge in [0.1, 0.15) is 74.6 Å². The Kier molecular flexibility index (Phi) is 23.1. The summed E-state index contributed by atoms with van der Waals surface area (Å²) in [7, 11) is 1.35. The van der Waals surface area contributed by atoms with Crippen LogP contribution in [0.5, 0.6) is 57.5 Å². The van der Waals surface area contributed by atoms with Crippen LogP contribution >= 0.6 is 0 Å². The van der Waals surface area contributed by atoms with Crippen molar-refractivity contribution in [3.8, 4) is 80.1 Å². The van der Waals surface area contributed by atoms with Crippen LogP contribution in [0.3, 0.4) is 0 Å². The van der Waals surface area contributed by atoms with E-state index in [1.807, 2.05) is 68.4 Å². The Labute approximate surface area is 477 Å². The van der Waals surface area contributed by atoms with Crippen LogP contribution in [0.4, 0.5) is 0 Å². The summed E-state index contributed by atoms with van der Waals surface area (Å²) in [6.45, 7) is 9.91. The smallest absolute Gasteiger partial charge is 0.545 e. The zero-order chi connectivity index (χ0) is 54.5. The van der Waals surface area contributed by atoms with Gasteiger partial charge in [-0.15, -0.1) is 0 Å². The van der Waals surface area contributed by atoms with E-state index >= 15 is 0 Å². The van der Waals surface area contributed by atoms with Crippen LogP contribution in [0.1, 0.15) is 96.3 Å². The number of aryl methyl sites for hydroxylation is 2. The number of aromatic hydroxyl groups is 2. The molecule has 14 nitrogen and oxygen atoms in total. The number of methoxy groups -OCH3 is 1. The fourth-order valence-corrected chi connectivity index (χ4v) is 8.49. The number of para-hydroxylation sites is 2. The third-order valence-corrected chi connectivity index (χ3v) is 12.3. The van der Waals surface area contributed by atoms with Gasteiger partial charge in [0, 0.05) is 41.7 Å². The Hall–Kier alpha value is -7.78. The van der Waals surface area contributed by atoms with Gasteiger partial charge in [0.15, 0.2) is 0 Å². The second-order valence-corrected chi connectivity index (χ2v) is 17.7. The van der Waals surface area contributed by atoms with Crippen molar-refractivity contribution in [2.45, 2.75) is 79.1 Å². The van der Waals surface area contributed by atoms with Crippen molar-refractivity contribution in [1.29, 1.82) is 0 Å². The van der Waals surface area contributed by atoms with Crippen molar-refractivity contribution in [1.82, 2.24) is 0 Å². The Balaban J connectivity index is 0.000000249. The molecule has 0 spiro atoms. The molecule has 0 radical (unpaired) electrons. The largest absolute Gasteiger partial charge is 1.00 e. The molecule has 2 heterocycles. The van der Waals surface area contributed by atoms with Crippen LogP contribution < -0.4 is 63.1 Å². The summed E-state index contributed by atoms with van der Waals surface area (Å²) >= 11 is 0. The van der Waals surface area contributed by atoms with Gasteiger partial charge in [-0.1, -0.05) is 76.9 Å². The molecule has 2 N–H and O–H groups in total. The Morgan fingerprint density at radius 1 is 0.487 bits per heavy atom. The van der Waals surface area contributed by atoms with Crippen molar-refractivity contribution in [3.63, 3.8) is 0 Å². The van der Waals surface area contributed by atoms with E-state index in [0.717, 1.165) is 60.1 Å². The molecule has 0 atom stereocenters. The molecule has 78 heavy (non-hydrogen) atoms. The maximum Gasteiger partial charge on any atom is 1.00 e. The van der Waals surface area contributed by atoms with E-state index in [-0.39, 0.29) is 52.4 Å². The van der Waals surface area contributed by atoms with Gasteiger partial charge in [0.25, 0.3) is 0 Å². The van der Waals surface area contributed by atoms with Crippen LogP contribution in [-0.2, 0) is 30.4 Å². The fraction of sp³-hybridized carbons (Fsp3) is 0.270. The number of esters is 1. The molecule has 0 fully saturated rings. The number of hydrogen-bond donors (Lipinski definition) is 2. The summed E-state index contributed by atoms with van der Waals surface area (Å²) in [6.07, 6.45) is 9.14. The summed E-state index contributed by atoms with van der Waals surface area (Å²) in [5, 5.41) is 32.5. The molecule has 0 amide bonds. The molecule has 8 aromatic rings. The molecule has 0 saturated heterocycles. The molecule has 15 heteroatoms. The van der Waals surface area contributed by atoms with E-state index in [1.54, 1.807) is 85.3 Å². The molecule has 0 saturated carbocycles. The standard InChI is InChI=1S/C32H34O7.C31H32O7.Na/c1-4-11-23-27(14-8-15-29(23)39-30-13-7-6-12-24(30)32(34)35-3)37-18-10-19-38-31-21-26(33)25(20-22(31)5-2)28-16-9-17-36-28;1-3-10-22-26(13-7-14-28(22)38-29-12-6-5-11-23(29)31(33)34)36-17-9-18-37-30-20-25(32)24(19-21(30)4-2)27-15-8-16-35-27;/h6-9,12-17,20-21,33H,4-5,10-11,18-19H2,1-3H3;5-8,11-16,19-20,32H,3-4,9-10,17-18H2,1-2H3,(H,33,34);/q;;+1/p-1. The predicted molar refractivity (Wildman–Crippen MR) is 291 cm³/mol. The summed E-state index contributed by atoms with van der Waals surface area (Å²) in [5.74, 6) is 4.24. The third kappa shape index (κ3) is 15.7. The zero-order valence-corrected chi connectivity index (χ0v) is 47.1. The number of carboxylic acid groups (broad SMARTS) is 1. The normalized spacial score (nSPS) is 10.6. The van der Waals surface area contributed by atoms with Crippen LogP contribution in [-0.4, -0.2) is 55.7 Å². The van der Waals surface area contributed by atoms with Gasteiger partial charge in [0.05, 0.1) is 63.2 Å². The number of carbonyl (C=O) groups is 2. The van der Waals surface area contributed by atoms with Gasteiger partial charge in [-0.25, -0.2) is 4.79 Å². The van der Waals surface area contributed by atoms with Crippen LogP contribution in [0, 0.1) is 0 Å². The SMILES string of the molecule is CCCc1c(OCCCOc2cc(O)c(-c3ccco3)cc2CC)cccc1Oc1ccccc1C(=O)OC.CCCc1c(OCCCOc2cc(O)c(-c3ccco3)cc2CC)cccc1Oc1ccccc1C(=O)[O-].[Na+]. The first-order chi connectivity index (χ1) is 37.6. The number of phenols is 2. The number of rotatable bonds is 26. The van der Waals surface area contributed by atoms with Crippen molar-refractivity contribution in [2.24, 2.45) is 0 Å². The first kappa shape index (κ1) is 59.5. The number of aromatic carboxylic acids is 1. The third-order valence-electron chi connectivity index (χ3n) is 12.3. The maximum absolute atomic E-state index is 12.2. The van der Waals surface area contributed by atoms with E-state index < -0.39 is 11.9 Å². The molecule has 0 unspecified atom stereocenters. The number of phenolic OH excluding ortho intramolecular Hbond substituents is 2. The first-order valence-corrected chi connectivity index (χ1v) is 25.9. The minimum absolute atomic E-state index is 0. The zero-order valence-electron chi connectivity index (χ0n) is 45.1.